The van der Waals surface area contributed by atoms with Gasteiger partial charge in [-0.15, -0.1) is 11.6 Å². The van der Waals surface area contributed by atoms with E-state index in [1.807, 2.05) is 13.8 Å². The van der Waals surface area contributed by atoms with E-state index in [-0.39, 0.29) is 16.7 Å². The highest BCUT2D eigenvalue weighted by molar-refractivity contribution is 6.20. The van der Waals surface area contributed by atoms with Crippen molar-refractivity contribution in [3.8, 4) is 0 Å². The first-order chi connectivity index (χ1) is 8.82. The zero-order valence-corrected chi connectivity index (χ0v) is 12.5. The molecule has 1 saturated carbocycles. The Balaban J connectivity index is 2.30. The quantitative estimate of drug-likeness (QED) is 0.648. The molecule has 0 amide bonds. The molecule has 0 N–H and O–H groups in total. The van der Waals surface area contributed by atoms with Gasteiger partial charge in [0.1, 0.15) is 11.6 Å². The topological polar surface area (TPSA) is 0 Å². The van der Waals surface area contributed by atoms with E-state index in [4.69, 9.17) is 11.6 Å². The van der Waals surface area contributed by atoms with Crippen molar-refractivity contribution in [1.82, 2.24) is 0 Å². The summed E-state index contributed by atoms with van der Waals surface area (Å²) in [6.07, 6.45) is 3.09. The van der Waals surface area contributed by atoms with Crippen LogP contribution in [0.4, 0.5) is 8.78 Å². The fourth-order valence-electron chi connectivity index (χ4n) is 3.34. The number of rotatable bonds is 2. The lowest BCUT2D eigenvalue weighted by Crippen LogP contribution is -2.39. The van der Waals surface area contributed by atoms with Crippen molar-refractivity contribution in [3.05, 3.63) is 35.4 Å². The standard InChI is InChI=1S/C16H21ClF2/c1-10-4-6-12(14(17)8-10)16(2,3)13-7-5-11(18)9-15(13)19/h5,7,9-10,12,14H,4,6,8H2,1-3H3. The monoisotopic (exact) mass is 286 g/mol. The number of benzene rings is 1. The number of halogens is 3. The smallest absolute Gasteiger partial charge is 0.129 e. The number of hydrogen-bond donors (Lipinski definition) is 0. The van der Waals surface area contributed by atoms with Crippen LogP contribution >= 0.6 is 11.6 Å². The molecule has 1 aromatic rings. The van der Waals surface area contributed by atoms with Gasteiger partial charge in [0.05, 0.1) is 0 Å². The van der Waals surface area contributed by atoms with Crippen molar-refractivity contribution < 1.29 is 8.78 Å². The summed E-state index contributed by atoms with van der Waals surface area (Å²) < 4.78 is 27.1. The average Bonchev–Trinajstić information content (AvgIpc) is 2.27. The van der Waals surface area contributed by atoms with E-state index in [9.17, 15) is 8.78 Å². The summed E-state index contributed by atoms with van der Waals surface area (Å²) >= 11 is 6.50. The summed E-state index contributed by atoms with van der Waals surface area (Å²) in [6, 6.07) is 3.85. The molecule has 0 spiro atoms. The Morgan fingerprint density at radius 1 is 1.21 bits per heavy atom. The van der Waals surface area contributed by atoms with E-state index in [1.165, 1.54) is 6.07 Å². The van der Waals surface area contributed by atoms with E-state index in [0.717, 1.165) is 25.3 Å². The Morgan fingerprint density at radius 2 is 1.89 bits per heavy atom. The molecule has 1 aliphatic rings. The van der Waals surface area contributed by atoms with Crippen LogP contribution in [-0.2, 0) is 5.41 Å². The van der Waals surface area contributed by atoms with Crippen LogP contribution in [0, 0.1) is 23.5 Å². The zero-order valence-electron chi connectivity index (χ0n) is 11.7. The molecule has 3 unspecified atom stereocenters. The maximum Gasteiger partial charge on any atom is 0.129 e. The van der Waals surface area contributed by atoms with Crippen molar-refractivity contribution in [2.24, 2.45) is 11.8 Å². The van der Waals surface area contributed by atoms with Crippen molar-refractivity contribution in [3.63, 3.8) is 0 Å². The van der Waals surface area contributed by atoms with Crippen LogP contribution in [0.1, 0.15) is 45.6 Å². The van der Waals surface area contributed by atoms with E-state index >= 15 is 0 Å². The molecular weight excluding hydrogens is 266 g/mol. The summed E-state index contributed by atoms with van der Waals surface area (Å²) in [5.74, 6) is -0.137. The fraction of sp³-hybridized carbons (Fsp3) is 0.625. The van der Waals surface area contributed by atoms with Crippen LogP contribution in [0.5, 0.6) is 0 Å². The average molecular weight is 287 g/mol. The molecule has 0 bridgehead atoms. The maximum atomic E-state index is 14.0. The fourth-order valence-corrected chi connectivity index (χ4v) is 4.08. The lowest BCUT2D eigenvalue weighted by molar-refractivity contribution is 0.203. The minimum absolute atomic E-state index is 0.0585. The molecule has 19 heavy (non-hydrogen) atoms. The van der Waals surface area contributed by atoms with Gasteiger partial charge in [-0.2, -0.15) is 0 Å². The van der Waals surface area contributed by atoms with E-state index in [1.54, 1.807) is 6.07 Å². The van der Waals surface area contributed by atoms with E-state index in [2.05, 4.69) is 6.92 Å². The van der Waals surface area contributed by atoms with Gasteiger partial charge < -0.3 is 0 Å². The van der Waals surface area contributed by atoms with Gasteiger partial charge in [-0.25, -0.2) is 8.78 Å². The molecule has 0 aliphatic heterocycles. The van der Waals surface area contributed by atoms with Crippen LogP contribution in [0.25, 0.3) is 0 Å². The van der Waals surface area contributed by atoms with Gasteiger partial charge in [0, 0.05) is 11.4 Å². The highest BCUT2D eigenvalue weighted by atomic mass is 35.5. The van der Waals surface area contributed by atoms with Crippen molar-refractivity contribution in [2.75, 3.05) is 0 Å². The molecule has 1 aliphatic carbocycles. The Kier molecular flexibility index (Phi) is 4.20. The summed E-state index contributed by atoms with van der Waals surface area (Å²) in [5.41, 5.74) is 0.198. The van der Waals surface area contributed by atoms with Crippen molar-refractivity contribution in [2.45, 2.75) is 50.8 Å². The third kappa shape index (κ3) is 2.94. The second-order valence-electron chi connectivity index (χ2n) is 6.39. The highest BCUT2D eigenvalue weighted by Gasteiger charge is 2.40. The van der Waals surface area contributed by atoms with Gasteiger partial charge in [0.25, 0.3) is 0 Å². The van der Waals surface area contributed by atoms with Crippen LogP contribution in [0.2, 0.25) is 0 Å². The molecule has 0 radical (unpaired) electrons. The van der Waals surface area contributed by atoms with E-state index < -0.39 is 11.6 Å². The Morgan fingerprint density at radius 3 is 2.47 bits per heavy atom. The molecule has 0 aromatic heterocycles. The third-order valence-electron chi connectivity index (χ3n) is 4.59. The summed E-state index contributed by atoms with van der Waals surface area (Å²) in [4.78, 5) is 0. The second-order valence-corrected chi connectivity index (χ2v) is 6.95. The minimum Gasteiger partial charge on any atom is -0.207 e. The predicted octanol–water partition coefficient (Wildman–Crippen LogP) is 5.29. The molecule has 1 fully saturated rings. The van der Waals surface area contributed by atoms with Crippen LogP contribution in [-0.4, -0.2) is 5.38 Å². The van der Waals surface area contributed by atoms with Crippen molar-refractivity contribution >= 4 is 11.6 Å². The molecule has 0 saturated heterocycles. The van der Waals surface area contributed by atoms with Crippen LogP contribution in [0.15, 0.2) is 18.2 Å². The van der Waals surface area contributed by atoms with Gasteiger partial charge in [0.2, 0.25) is 0 Å². The maximum absolute atomic E-state index is 14.0. The van der Waals surface area contributed by atoms with Gasteiger partial charge in [-0.05, 0) is 41.7 Å². The molecule has 106 valence electrons. The minimum atomic E-state index is -0.531. The molecule has 2 rings (SSSR count). The first kappa shape index (κ1) is 14.8. The van der Waals surface area contributed by atoms with Crippen LogP contribution in [0.3, 0.4) is 0 Å². The summed E-state index contributed by atoms with van der Waals surface area (Å²) in [7, 11) is 0. The van der Waals surface area contributed by atoms with E-state index in [0.29, 0.717) is 11.5 Å². The Bertz CT molecular complexity index is 456. The van der Waals surface area contributed by atoms with Gasteiger partial charge >= 0.3 is 0 Å². The number of hydrogen-bond acceptors (Lipinski definition) is 0. The van der Waals surface area contributed by atoms with Gasteiger partial charge in [-0.1, -0.05) is 33.3 Å². The number of alkyl halides is 1. The molecule has 3 atom stereocenters. The van der Waals surface area contributed by atoms with Crippen LogP contribution < -0.4 is 0 Å². The zero-order chi connectivity index (χ0) is 14.2. The normalized spacial score (nSPS) is 28.4. The third-order valence-corrected chi connectivity index (χ3v) is 5.07. The summed E-state index contributed by atoms with van der Waals surface area (Å²) in [6.45, 7) is 6.23. The largest absolute Gasteiger partial charge is 0.207 e. The molecule has 0 heterocycles. The van der Waals surface area contributed by atoms with Gasteiger partial charge in [0.15, 0.2) is 0 Å². The molecule has 0 nitrogen and oxygen atoms in total. The first-order valence-corrected chi connectivity index (χ1v) is 7.35. The lowest BCUT2D eigenvalue weighted by atomic mass is 9.65. The predicted molar refractivity (Wildman–Crippen MR) is 75.5 cm³/mol. The SMILES string of the molecule is CC1CCC(C(C)(C)c2ccc(F)cc2F)C(Cl)C1. The lowest BCUT2D eigenvalue weighted by Gasteiger charge is -2.42. The first-order valence-electron chi connectivity index (χ1n) is 6.92. The second kappa shape index (κ2) is 5.40. The molecule has 3 heteroatoms. The van der Waals surface area contributed by atoms with Crippen molar-refractivity contribution in [1.29, 1.82) is 0 Å². The van der Waals surface area contributed by atoms with Gasteiger partial charge in [-0.3, -0.25) is 0 Å². The molecule has 1 aromatic carbocycles. The highest BCUT2D eigenvalue weighted by Crippen LogP contribution is 2.45. The summed E-state index contributed by atoms with van der Waals surface area (Å²) in [5, 5.41) is 0.0585. The molecular formula is C16H21ClF2. The Labute approximate surface area is 119 Å². The Hall–Kier alpha value is -0.630.